The second-order valence-corrected chi connectivity index (χ2v) is 9.53. The van der Waals surface area contributed by atoms with E-state index in [0.717, 1.165) is 25.3 Å². The number of benzene rings is 1. The van der Waals surface area contributed by atoms with Gasteiger partial charge in [0.2, 0.25) is 5.91 Å². The highest BCUT2D eigenvalue weighted by molar-refractivity contribution is 5.73. The summed E-state index contributed by atoms with van der Waals surface area (Å²) < 4.78 is 33.2. The minimum Gasteiger partial charge on any atom is -0.390 e. The first kappa shape index (κ1) is 28.5. The van der Waals surface area contributed by atoms with Crippen LogP contribution in [0.3, 0.4) is 0 Å². The quantitative estimate of drug-likeness (QED) is 0.346. The van der Waals surface area contributed by atoms with E-state index in [1.165, 1.54) is 19.1 Å². The zero-order valence-electron chi connectivity index (χ0n) is 20.5. The summed E-state index contributed by atoms with van der Waals surface area (Å²) in [5.74, 6) is -0.864. The van der Waals surface area contributed by atoms with Crippen molar-refractivity contribution in [1.82, 2.24) is 10.6 Å². The molecule has 0 saturated heterocycles. The third-order valence-corrected chi connectivity index (χ3v) is 5.89. The molecule has 0 saturated carbocycles. The molecule has 0 spiro atoms. The Morgan fingerprint density at radius 2 is 1.78 bits per heavy atom. The predicted octanol–water partition coefficient (Wildman–Crippen LogP) is 4.22. The zero-order valence-corrected chi connectivity index (χ0v) is 20.5. The van der Waals surface area contributed by atoms with Gasteiger partial charge < -0.3 is 20.5 Å². The molecular weight excluding hydrogens is 414 g/mol. The minimum atomic E-state index is -0.948. The number of nitrogens with one attached hydrogen (secondary N) is 2. The Morgan fingerprint density at radius 3 is 2.28 bits per heavy atom. The van der Waals surface area contributed by atoms with Gasteiger partial charge in [-0.05, 0) is 48.8 Å². The molecule has 1 aromatic rings. The number of rotatable bonds is 15. The number of hydrogen-bond acceptors (Lipinski definition) is 4. The van der Waals surface area contributed by atoms with Gasteiger partial charge in [0.1, 0.15) is 11.6 Å². The average molecular weight is 457 g/mol. The first-order valence-electron chi connectivity index (χ1n) is 11.7. The van der Waals surface area contributed by atoms with E-state index in [1.54, 1.807) is 0 Å². The summed E-state index contributed by atoms with van der Waals surface area (Å²) in [7, 11) is 0. The maximum absolute atomic E-state index is 13.6. The van der Waals surface area contributed by atoms with E-state index in [1.807, 2.05) is 0 Å². The second kappa shape index (κ2) is 13.9. The molecule has 3 atom stereocenters. The fourth-order valence-electron chi connectivity index (χ4n) is 3.87. The highest BCUT2D eigenvalue weighted by Gasteiger charge is 2.34. The van der Waals surface area contributed by atoms with E-state index in [-0.39, 0.29) is 30.3 Å². The average Bonchev–Trinajstić information content (AvgIpc) is 2.67. The molecule has 1 aromatic carbocycles. The summed E-state index contributed by atoms with van der Waals surface area (Å²) in [4.78, 5) is 11.7. The van der Waals surface area contributed by atoms with Crippen LogP contribution < -0.4 is 10.6 Å². The fourth-order valence-corrected chi connectivity index (χ4v) is 3.87. The summed E-state index contributed by atoms with van der Waals surface area (Å²) in [6, 6.07) is 2.55. The molecule has 0 fully saturated rings. The number of β-amino-alcohol motifs (C(OH)–C–C–N with tert-alkyl or cyclic N) is 1. The molecule has 184 valence electrons. The third-order valence-electron chi connectivity index (χ3n) is 5.89. The van der Waals surface area contributed by atoms with Crippen molar-refractivity contribution in [3.05, 3.63) is 35.4 Å². The lowest BCUT2D eigenvalue weighted by Crippen LogP contribution is -2.58. The first-order valence-corrected chi connectivity index (χ1v) is 11.7. The van der Waals surface area contributed by atoms with Crippen LogP contribution in [-0.2, 0) is 16.0 Å². The lowest BCUT2D eigenvalue weighted by Gasteiger charge is -2.40. The van der Waals surface area contributed by atoms with Gasteiger partial charge in [-0.2, -0.15) is 0 Å². The van der Waals surface area contributed by atoms with Crippen molar-refractivity contribution < 1.29 is 23.4 Å². The largest absolute Gasteiger partial charge is 0.390 e. The Balaban J connectivity index is 2.91. The second-order valence-electron chi connectivity index (χ2n) is 9.53. The van der Waals surface area contributed by atoms with Crippen LogP contribution in [-0.4, -0.2) is 48.5 Å². The summed E-state index contributed by atoms with van der Waals surface area (Å²) >= 11 is 0. The molecule has 0 aliphatic carbocycles. The maximum atomic E-state index is 13.6. The van der Waals surface area contributed by atoms with Crippen molar-refractivity contribution in [2.24, 2.45) is 11.8 Å². The number of halogens is 2. The molecule has 1 amide bonds. The normalized spacial score (nSPS) is 15.6. The van der Waals surface area contributed by atoms with Gasteiger partial charge >= 0.3 is 0 Å². The monoisotopic (exact) mass is 456 g/mol. The summed E-state index contributed by atoms with van der Waals surface area (Å²) in [5, 5.41) is 17.1. The molecule has 0 bridgehead atoms. The Hall–Kier alpha value is -1.57. The summed E-state index contributed by atoms with van der Waals surface area (Å²) in [6.45, 7) is 13.5. The van der Waals surface area contributed by atoms with E-state index in [4.69, 9.17) is 4.74 Å². The fraction of sp³-hybridized carbons (Fsp3) is 0.720. The first-order chi connectivity index (χ1) is 15.0. The summed E-state index contributed by atoms with van der Waals surface area (Å²) in [6.07, 6.45) is 1.98. The number of hydrogen-bond donors (Lipinski definition) is 3. The molecule has 0 aliphatic heterocycles. The number of amides is 1. The van der Waals surface area contributed by atoms with Gasteiger partial charge in [0.25, 0.3) is 0 Å². The molecule has 0 heterocycles. The highest BCUT2D eigenvalue weighted by atomic mass is 19.1. The SMILES string of the molecule is CCCC(COCCC(C)C)(NCC(O)C(Cc1cc(F)cc(F)c1)NC(C)=O)C(C)C. The lowest BCUT2D eigenvalue weighted by molar-refractivity contribution is -0.120. The summed E-state index contributed by atoms with van der Waals surface area (Å²) in [5.41, 5.74) is 0.0549. The van der Waals surface area contributed by atoms with Crippen LogP contribution in [0.2, 0.25) is 0 Å². The van der Waals surface area contributed by atoms with Gasteiger partial charge in [0, 0.05) is 31.7 Å². The number of carbonyl (C=O) groups excluding carboxylic acids is 1. The number of aliphatic hydroxyl groups excluding tert-OH is 1. The molecule has 32 heavy (non-hydrogen) atoms. The Bertz CT molecular complexity index is 680. The van der Waals surface area contributed by atoms with Crippen LogP contribution in [0, 0.1) is 23.5 Å². The van der Waals surface area contributed by atoms with Crippen LogP contribution in [0.5, 0.6) is 0 Å². The lowest BCUT2D eigenvalue weighted by atomic mass is 9.82. The van der Waals surface area contributed by atoms with Crippen molar-refractivity contribution >= 4 is 5.91 Å². The molecule has 0 aliphatic rings. The van der Waals surface area contributed by atoms with Crippen molar-refractivity contribution in [3.63, 3.8) is 0 Å². The molecule has 1 rings (SSSR count). The standard InChI is InChI=1S/C25H42F2N2O3/c1-7-9-25(18(4)5,16-32-10-8-17(2)3)28-15-24(31)23(29-19(6)30)13-20-11-21(26)14-22(27)12-20/h11-12,14,17-18,23-24,28,31H,7-10,13,15-16H2,1-6H3,(H,29,30). The van der Waals surface area contributed by atoms with Crippen LogP contribution in [0.15, 0.2) is 18.2 Å². The van der Waals surface area contributed by atoms with Crippen molar-refractivity contribution in [3.8, 4) is 0 Å². The minimum absolute atomic E-state index is 0.116. The van der Waals surface area contributed by atoms with Crippen LogP contribution in [0.4, 0.5) is 8.78 Å². The maximum Gasteiger partial charge on any atom is 0.217 e. The van der Waals surface area contributed by atoms with Crippen molar-refractivity contribution in [2.75, 3.05) is 19.8 Å². The van der Waals surface area contributed by atoms with Gasteiger partial charge in [0.15, 0.2) is 0 Å². The van der Waals surface area contributed by atoms with Crippen LogP contribution in [0.25, 0.3) is 0 Å². The third kappa shape index (κ3) is 9.92. The van der Waals surface area contributed by atoms with Gasteiger partial charge in [-0.25, -0.2) is 8.78 Å². The van der Waals surface area contributed by atoms with Crippen LogP contribution >= 0.6 is 0 Å². The molecule has 7 heteroatoms. The number of ether oxygens (including phenoxy) is 1. The topological polar surface area (TPSA) is 70.6 Å². The Labute approximate surface area is 192 Å². The molecular formula is C25H42F2N2O3. The van der Waals surface area contributed by atoms with Crippen molar-refractivity contribution in [1.29, 1.82) is 0 Å². The van der Waals surface area contributed by atoms with Gasteiger partial charge in [-0.1, -0.05) is 41.0 Å². The van der Waals surface area contributed by atoms with Crippen molar-refractivity contribution in [2.45, 2.75) is 84.9 Å². The molecule has 3 unspecified atom stereocenters. The van der Waals surface area contributed by atoms with E-state index in [9.17, 15) is 18.7 Å². The Morgan fingerprint density at radius 1 is 1.16 bits per heavy atom. The van der Waals surface area contributed by atoms with Gasteiger partial charge in [0.05, 0.1) is 18.8 Å². The number of carbonyl (C=O) groups is 1. The number of aliphatic hydroxyl groups is 1. The zero-order chi connectivity index (χ0) is 24.3. The predicted molar refractivity (Wildman–Crippen MR) is 124 cm³/mol. The highest BCUT2D eigenvalue weighted by Crippen LogP contribution is 2.24. The van der Waals surface area contributed by atoms with Gasteiger partial charge in [-0.15, -0.1) is 0 Å². The molecule has 0 aromatic heterocycles. The van der Waals surface area contributed by atoms with E-state index >= 15 is 0 Å². The smallest absolute Gasteiger partial charge is 0.217 e. The van der Waals surface area contributed by atoms with E-state index in [2.05, 4.69) is 45.3 Å². The molecule has 5 nitrogen and oxygen atoms in total. The molecule has 3 N–H and O–H groups in total. The Kier molecular flexibility index (Phi) is 12.3. The van der Waals surface area contributed by atoms with E-state index < -0.39 is 23.8 Å². The molecule has 0 radical (unpaired) electrons. The van der Waals surface area contributed by atoms with E-state index in [0.29, 0.717) is 24.7 Å². The van der Waals surface area contributed by atoms with Crippen LogP contribution in [0.1, 0.15) is 66.4 Å². The van der Waals surface area contributed by atoms with Gasteiger partial charge in [-0.3, -0.25) is 4.79 Å².